The molecule has 0 radical (unpaired) electrons. The summed E-state index contributed by atoms with van der Waals surface area (Å²) in [6, 6.07) is 7.78. The molecular formula is C21H19F3N2O4. The third kappa shape index (κ3) is 3.96. The van der Waals surface area contributed by atoms with Crippen molar-refractivity contribution in [1.29, 1.82) is 0 Å². The zero-order chi connectivity index (χ0) is 22.0. The lowest BCUT2D eigenvalue weighted by atomic mass is 10.1. The second kappa shape index (κ2) is 8.48. The number of nitrogens with zero attached hydrogens (tertiary/aromatic N) is 1. The van der Waals surface area contributed by atoms with E-state index in [1.54, 1.807) is 6.92 Å². The number of benzene rings is 2. The van der Waals surface area contributed by atoms with E-state index in [4.69, 9.17) is 4.74 Å². The molecule has 1 amide bonds. The van der Waals surface area contributed by atoms with Gasteiger partial charge in [0, 0.05) is 29.8 Å². The zero-order valence-electron chi connectivity index (χ0n) is 16.5. The minimum atomic E-state index is -2.98. The van der Waals surface area contributed by atoms with E-state index in [0.717, 1.165) is 0 Å². The van der Waals surface area contributed by atoms with Gasteiger partial charge < -0.3 is 14.8 Å². The van der Waals surface area contributed by atoms with E-state index in [0.29, 0.717) is 16.6 Å². The van der Waals surface area contributed by atoms with Crippen LogP contribution in [0.3, 0.4) is 0 Å². The number of carbonyl (C=O) groups is 2. The Balaban J connectivity index is 2.14. The van der Waals surface area contributed by atoms with E-state index >= 15 is 0 Å². The highest BCUT2D eigenvalue weighted by Gasteiger charge is 2.23. The first-order valence-corrected chi connectivity index (χ1v) is 8.94. The average molecular weight is 420 g/mol. The fraction of sp³-hybridized carbons (Fsp3) is 0.238. The van der Waals surface area contributed by atoms with Crippen LogP contribution in [-0.2, 0) is 11.2 Å². The zero-order valence-corrected chi connectivity index (χ0v) is 16.5. The van der Waals surface area contributed by atoms with E-state index in [1.807, 2.05) is 0 Å². The molecule has 0 atom stereocenters. The largest absolute Gasteiger partial charge is 0.494 e. The Bertz CT molecular complexity index is 1110. The van der Waals surface area contributed by atoms with Gasteiger partial charge in [-0.25, -0.2) is 4.39 Å². The standard InChI is InChI=1S/C21H19F3N2O4/c1-11-14(9-19(27)25-2)15-8-18(29-3)16(22)10-17(15)26(11)20(28)12-4-6-13(7-5-12)30-21(23)24/h4-8,10,21H,9H2,1-3H3,(H,25,27). The van der Waals surface area contributed by atoms with Gasteiger partial charge in [-0.3, -0.25) is 14.2 Å². The van der Waals surface area contributed by atoms with E-state index in [9.17, 15) is 22.8 Å². The van der Waals surface area contributed by atoms with Crippen LogP contribution in [0.25, 0.3) is 10.9 Å². The summed E-state index contributed by atoms with van der Waals surface area (Å²) in [6.07, 6.45) is -0.0188. The number of ether oxygens (including phenoxy) is 2. The Morgan fingerprint density at radius 1 is 1.17 bits per heavy atom. The Labute approximate surface area is 170 Å². The molecule has 0 spiro atoms. The average Bonchev–Trinajstić information content (AvgIpc) is 2.97. The number of likely N-dealkylation sites (N-methyl/N-ethyl adjacent to an activating group) is 1. The lowest BCUT2D eigenvalue weighted by molar-refractivity contribution is -0.119. The molecule has 1 N–H and O–H groups in total. The number of hydrogen-bond donors (Lipinski definition) is 1. The first-order valence-electron chi connectivity index (χ1n) is 8.94. The number of hydrogen-bond acceptors (Lipinski definition) is 4. The lowest BCUT2D eigenvalue weighted by Gasteiger charge is -2.09. The van der Waals surface area contributed by atoms with Gasteiger partial charge in [-0.15, -0.1) is 0 Å². The van der Waals surface area contributed by atoms with Crippen molar-refractivity contribution < 1.29 is 32.2 Å². The molecule has 9 heteroatoms. The van der Waals surface area contributed by atoms with Crippen molar-refractivity contribution in [3.8, 4) is 11.5 Å². The number of amides is 1. The molecule has 0 aliphatic rings. The molecule has 0 aliphatic carbocycles. The topological polar surface area (TPSA) is 69.6 Å². The van der Waals surface area contributed by atoms with Crippen molar-refractivity contribution in [3.05, 3.63) is 59.0 Å². The first-order chi connectivity index (χ1) is 14.3. The molecule has 30 heavy (non-hydrogen) atoms. The van der Waals surface area contributed by atoms with Gasteiger partial charge in [0.05, 0.1) is 19.0 Å². The maximum Gasteiger partial charge on any atom is 0.387 e. The van der Waals surface area contributed by atoms with Crippen molar-refractivity contribution in [2.24, 2.45) is 0 Å². The third-order valence-electron chi connectivity index (χ3n) is 4.75. The molecule has 0 unspecified atom stereocenters. The monoisotopic (exact) mass is 420 g/mol. The third-order valence-corrected chi connectivity index (χ3v) is 4.75. The van der Waals surface area contributed by atoms with E-state index in [-0.39, 0.29) is 34.9 Å². The molecule has 3 aromatic rings. The highest BCUT2D eigenvalue weighted by atomic mass is 19.3. The fourth-order valence-corrected chi connectivity index (χ4v) is 3.28. The Hall–Kier alpha value is -3.49. The minimum Gasteiger partial charge on any atom is -0.494 e. The molecule has 158 valence electrons. The number of alkyl halides is 2. The summed E-state index contributed by atoms with van der Waals surface area (Å²) in [4.78, 5) is 25.2. The molecule has 0 saturated carbocycles. The number of aromatic nitrogens is 1. The summed E-state index contributed by atoms with van der Waals surface area (Å²) in [5.41, 5.74) is 1.45. The predicted molar refractivity (Wildman–Crippen MR) is 104 cm³/mol. The van der Waals surface area contributed by atoms with Crippen LogP contribution in [0.2, 0.25) is 0 Å². The van der Waals surface area contributed by atoms with Crippen LogP contribution in [-0.4, -0.2) is 37.2 Å². The first kappa shape index (κ1) is 21.2. The molecule has 3 rings (SSSR count). The Morgan fingerprint density at radius 2 is 1.83 bits per heavy atom. The number of fused-ring (bicyclic) bond motifs is 1. The van der Waals surface area contributed by atoms with Crippen molar-refractivity contribution in [3.63, 3.8) is 0 Å². The SMILES string of the molecule is CNC(=O)Cc1c(C)n(C(=O)c2ccc(OC(F)F)cc2)c2cc(F)c(OC)cc12. The van der Waals surface area contributed by atoms with Crippen LogP contribution < -0.4 is 14.8 Å². The summed E-state index contributed by atoms with van der Waals surface area (Å²) in [5, 5.41) is 3.02. The van der Waals surface area contributed by atoms with Crippen molar-refractivity contribution in [1.82, 2.24) is 9.88 Å². The van der Waals surface area contributed by atoms with Crippen LogP contribution in [0.1, 0.15) is 21.6 Å². The highest BCUT2D eigenvalue weighted by molar-refractivity contribution is 6.05. The van der Waals surface area contributed by atoms with Gasteiger partial charge in [0.2, 0.25) is 5.91 Å². The Kier molecular flexibility index (Phi) is 6.00. The summed E-state index contributed by atoms with van der Waals surface area (Å²) in [7, 11) is 2.81. The molecule has 1 heterocycles. The molecule has 2 aromatic carbocycles. The summed E-state index contributed by atoms with van der Waals surface area (Å²) in [5.74, 6) is -1.55. The highest BCUT2D eigenvalue weighted by Crippen LogP contribution is 2.32. The number of nitrogens with one attached hydrogen (secondary N) is 1. The second-order valence-corrected chi connectivity index (χ2v) is 6.46. The van der Waals surface area contributed by atoms with Gasteiger partial charge in [-0.05, 0) is 42.8 Å². The molecule has 0 bridgehead atoms. The normalized spacial score (nSPS) is 11.0. The van der Waals surface area contributed by atoms with Gasteiger partial charge in [-0.1, -0.05) is 0 Å². The number of methoxy groups -OCH3 is 1. The number of halogens is 3. The Morgan fingerprint density at radius 3 is 2.40 bits per heavy atom. The molecule has 6 nitrogen and oxygen atoms in total. The van der Waals surface area contributed by atoms with Crippen LogP contribution in [0.4, 0.5) is 13.2 Å². The van der Waals surface area contributed by atoms with Gasteiger partial charge >= 0.3 is 6.61 Å². The van der Waals surface area contributed by atoms with E-state index in [2.05, 4.69) is 10.1 Å². The second-order valence-electron chi connectivity index (χ2n) is 6.46. The van der Waals surface area contributed by atoms with Gasteiger partial charge in [0.25, 0.3) is 5.91 Å². The molecule has 1 aromatic heterocycles. The maximum atomic E-state index is 14.4. The summed E-state index contributed by atoms with van der Waals surface area (Å²) >= 11 is 0. The van der Waals surface area contributed by atoms with Crippen LogP contribution in [0.15, 0.2) is 36.4 Å². The molecular weight excluding hydrogens is 401 g/mol. The number of carbonyl (C=O) groups excluding carboxylic acids is 2. The fourth-order valence-electron chi connectivity index (χ4n) is 3.28. The number of rotatable bonds is 6. The van der Waals surface area contributed by atoms with Crippen LogP contribution >= 0.6 is 0 Å². The van der Waals surface area contributed by atoms with Gasteiger partial charge in [0.1, 0.15) is 5.75 Å². The van der Waals surface area contributed by atoms with Crippen molar-refractivity contribution >= 4 is 22.7 Å². The van der Waals surface area contributed by atoms with Crippen LogP contribution in [0.5, 0.6) is 11.5 Å². The van der Waals surface area contributed by atoms with Crippen LogP contribution in [0, 0.1) is 12.7 Å². The molecule has 0 saturated heterocycles. The van der Waals surface area contributed by atoms with Crippen molar-refractivity contribution in [2.75, 3.05) is 14.2 Å². The summed E-state index contributed by atoms with van der Waals surface area (Å²) in [6.45, 7) is -1.33. The maximum absolute atomic E-state index is 14.4. The lowest BCUT2D eigenvalue weighted by Crippen LogP contribution is -2.20. The molecule has 0 aliphatic heterocycles. The van der Waals surface area contributed by atoms with E-state index < -0.39 is 18.3 Å². The van der Waals surface area contributed by atoms with Crippen molar-refractivity contribution in [2.45, 2.75) is 20.0 Å². The minimum absolute atomic E-state index is 0.0150. The van der Waals surface area contributed by atoms with E-state index in [1.165, 1.54) is 55.1 Å². The summed E-state index contributed by atoms with van der Waals surface area (Å²) < 4.78 is 49.7. The quantitative estimate of drug-likeness (QED) is 0.661. The van der Waals surface area contributed by atoms with Gasteiger partial charge in [-0.2, -0.15) is 8.78 Å². The smallest absolute Gasteiger partial charge is 0.387 e. The molecule has 0 fully saturated rings. The van der Waals surface area contributed by atoms with Gasteiger partial charge in [0.15, 0.2) is 11.6 Å². The predicted octanol–water partition coefficient (Wildman–Crippen LogP) is 3.68.